The molecular formula is C14H20N2O2. The minimum atomic E-state index is -0.695. The maximum atomic E-state index is 10.9. The van der Waals surface area contributed by atoms with Gasteiger partial charge < -0.3 is 15.8 Å². The number of rotatable bonds is 3. The molecule has 2 atom stereocenters. The number of nitrogens with one attached hydrogen (secondary N) is 1. The molecule has 0 aliphatic carbocycles. The predicted molar refractivity (Wildman–Crippen MR) is 70.2 cm³/mol. The number of carbonyl (C=O) groups is 1. The van der Waals surface area contributed by atoms with Gasteiger partial charge in [0.2, 0.25) is 0 Å². The van der Waals surface area contributed by atoms with E-state index in [1.807, 2.05) is 25.1 Å². The van der Waals surface area contributed by atoms with Crippen molar-refractivity contribution in [3.8, 4) is 0 Å². The van der Waals surface area contributed by atoms with Crippen LogP contribution < -0.4 is 11.1 Å². The summed E-state index contributed by atoms with van der Waals surface area (Å²) in [6.07, 6.45) is 1.14. The Kier molecular flexibility index (Phi) is 3.87. The van der Waals surface area contributed by atoms with Gasteiger partial charge in [0.05, 0.1) is 0 Å². The second-order valence-electron chi connectivity index (χ2n) is 5.26. The first-order chi connectivity index (χ1) is 8.57. The molecule has 0 radical (unpaired) electrons. The van der Waals surface area contributed by atoms with Crippen LogP contribution in [0.4, 0.5) is 4.79 Å². The molecular weight excluding hydrogens is 228 g/mol. The number of nitrogens with two attached hydrogens (primary N) is 1. The van der Waals surface area contributed by atoms with Crippen LogP contribution in [-0.2, 0) is 11.2 Å². The van der Waals surface area contributed by atoms with Crippen LogP contribution in [0.1, 0.15) is 18.9 Å². The Bertz CT molecular complexity index is 408. The molecule has 1 heterocycles. The van der Waals surface area contributed by atoms with Crippen molar-refractivity contribution < 1.29 is 9.53 Å². The van der Waals surface area contributed by atoms with Crippen LogP contribution in [-0.4, -0.2) is 24.8 Å². The number of primary amides is 1. The molecule has 1 saturated heterocycles. The summed E-state index contributed by atoms with van der Waals surface area (Å²) >= 11 is 0. The molecule has 0 saturated carbocycles. The van der Waals surface area contributed by atoms with Crippen molar-refractivity contribution in [1.82, 2.24) is 5.32 Å². The highest BCUT2D eigenvalue weighted by atomic mass is 16.6. The van der Waals surface area contributed by atoms with E-state index in [-0.39, 0.29) is 0 Å². The van der Waals surface area contributed by atoms with Gasteiger partial charge in [0.1, 0.15) is 5.60 Å². The average Bonchev–Trinajstić information content (AvgIpc) is 2.28. The van der Waals surface area contributed by atoms with Gasteiger partial charge in [-0.15, -0.1) is 0 Å². The fraction of sp³-hybridized carbons (Fsp3) is 0.500. The topological polar surface area (TPSA) is 64.3 Å². The van der Waals surface area contributed by atoms with Crippen LogP contribution in [0.25, 0.3) is 0 Å². The van der Waals surface area contributed by atoms with Gasteiger partial charge in [-0.25, -0.2) is 4.79 Å². The van der Waals surface area contributed by atoms with Crippen molar-refractivity contribution in [2.24, 2.45) is 11.7 Å². The molecule has 0 spiro atoms. The Morgan fingerprint density at radius 2 is 2.22 bits per heavy atom. The van der Waals surface area contributed by atoms with Crippen LogP contribution in [0.15, 0.2) is 30.3 Å². The molecule has 18 heavy (non-hydrogen) atoms. The lowest BCUT2D eigenvalue weighted by Crippen LogP contribution is -2.51. The van der Waals surface area contributed by atoms with E-state index in [0.717, 1.165) is 19.4 Å². The number of amides is 1. The van der Waals surface area contributed by atoms with Crippen LogP contribution in [0.3, 0.4) is 0 Å². The number of carbonyl (C=O) groups excluding carboxylic acids is 1. The number of hydrogen-bond donors (Lipinski definition) is 2. The maximum Gasteiger partial charge on any atom is 0.405 e. The van der Waals surface area contributed by atoms with Crippen molar-refractivity contribution in [2.75, 3.05) is 13.1 Å². The van der Waals surface area contributed by atoms with E-state index in [2.05, 4.69) is 17.4 Å². The number of piperidine rings is 1. The summed E-state index contributed by atoms with van der Waals surface area (Å²) in [6.45, 7) is 3.55. The molecule has 1 aromatic carbocycles. The zero-order chi connectivity index (χ0) is 13.0. The molecule has 0 aromatic heterocycles. The third-order valence-electron chi connectivity index (χ3n) is 3.37. The van der Waals surface area contributed by atoms with E-state index in [4.69, 9.17) is 10.5 Å². The molecule has 1 fully saturated rings. The Morgan fingerprint density at radius 1 is 1.50 bits per heavy atom. The zero-order valence-corrected chi connectivity index (χ0v) is 10.7. The van der Waals surface area contributed by atoms with Gasteiger partial charge in [0.25, 0.3) is 0 Å². The molecule has 1 amide bonds. The third kappa shape index (κ3) is 3.47. The molecule has 0 bridgehead atoms. The van der Waals surface area contributed by atoms with Crippen LogP contribution in [0, 0.1) is 5.92 Å². The number of hydrogen-bond acceptors (Lipinski definition) is 3. The molecule has 1 aliphatic rings. The summed E-state index contributed by atoms with van der Waals surface area (Å²) in [5.74, 6) is 0.463. The first-order valence-electron chi connectivity index (χ1n) is 6.30. The van der Waals surface area contributed by atoms with Crippen molar-refractivity contribution in [2.45, 2.75) is 25.4 Å². The lowest BCUT2D eigenvalue weighted by Gasteiger charge is -2.37. The average molecular weight is 248 g/mol. The number of ether oxygens (including phenoxy) is 1. The fourth-order valence-electron chi connectivity index (χ4n) is 2.71. The van der Waals surface area contributed by atoms with E-state index in [1.165, 1.54) is 5.56 Å². The van der Waals surface area contributed by atoms with E-state index in [0.29, 0.717) is 12.5 Å². The molecule has 98 valence electrons. The Morgan fingerprint density at radius 3 is 2.89 bits per heavy atom. The molecule has 4 nitrogen and oxygen atoms in total. The SMILES string of the molecule is C[C@@]1(OC(N)=O)CNC[C@H](Cc2ccccc2)C1. The van der Waals surface area contributed by atoms with Gasteiger partial charge in [-0.2, -0.15) is 0 Å². The van der Waals surface area contributed by atoms with Crippen LogP contribution in [0.2, 0.25) is 0 Å². The standard InChI is InChI=1S/C14H20N2O2/c1-14(18-13(15)17)8-12(9-16-10-14)7-11-5-3-2-4-6-11/h2-6,12,16H,7-10H2,1H3,(H2,15,17)/t12-,14+/m1/s1. The van der Waals surface area contributed by atoms with Crippen molar-refractivity contribution in [3.63, 3.8) is 0 Å². The van der Waals surface area contributed by atoms with E-state index >= 15 is 0 Å². The van der Waals surface area contributed by atoms with Crippen LogP contribution >= 0.6 is 0 Å². The van der Waals surface area contributed by atoms with Crippen molar-refractivity contribution in [1.29, 1.82) is 0 Å². The predicted octanol–water partition coefficient (Wildman–Crippen LogP) is 1.69. The van der Waals surface area contributed by atoms with E-state index in [9.17, 15) is 4.79 Å². The maximum absolute atomic E-state index is 10.9. The highest BCUT2D eigenvalue weighted by Crippen LogP contribution is 2.26. The Balaban J connectivity index is 1.96. The molecule has 1 aromatic rings. The summed E-state index contributed by atoms with van der Waals surface area (Å²) in [6, 6.07) is 10.4. The van der Waals surface area contributed by atoms with Gasteiger partial charge in [0.15, 0.2) is 0 Å². The molecule has 3 N–H and O–H groups in total. The highest BCUT2D eigenvalue weighted by molar-refractivity contribution is 5.65. The molecule has 2 rings (SSSR count). The lowest BCUT2D eigenvalue weighted by molar-refractivity contribution is -0.00275. The lowest BCUT2D eigenvalue weighted by atomic mass is 9.84. The first kappa shape index (κ1) is 12.9. The minimum absolute atomic E-state index is 0.463. The second kappa shape index (κ2) is 5.40. The normalized spacial score (nSPS) is 27.7. The summed E-state index contributed by atoms with van der Waals surface area (Å²) < 4.78 is 5.22. The van der Waals surface area contributed by atoms with Gasteiger partial charge in [-0.3, -0.25) is 0 Å². The van der Waals surface area contributed by atoms with Gasteiger partial charge in [-0.05, 0) is 37.8 Å². The van der Waals surface area contributed by atoms with Crippen molar-refractivity contribution >= 4 is 6.09 Å². The monoisotopic (exact) mass is 248 g/mol. The van der Waals surface area contributed by atoms with Crippen LogP contribution in [0.5, 0.6) is 0 Å². The fourth-order valence-corrected chi connectivity index (χ4v) is 2.71. The summed E-state index contributed by atoms with van der Waals surface area (Å²) in [5.41, 5.74) is 5.95. The molecule has 0 unspecified atom stereocenters. The molecule has 1 aliphatic heterocycles. The second-order valence-corrected chi connectivity index (χ2v) is 5.26. The zero-order valence-electron chi connectivity index (χ0n) is 10.7. The number of benzene rings is 1. The Hall–Kier alpha value is -1.55. The Labute approximate surface area is 108 Å². The quantitative estimate of drug-likeness (QED) is 0.855. The van der Waals surface area contributed by atoms with E-state index < -0.39 is 11.7 Å². The minimum Gasteiger partial charge on any atom is -0.442 e. The van der Waals surface area contributed by atoms with E-state index in [1.54, 1.807) is 0 Å². The van der Waals surface area contributed by atoms with Gasteiger partial charge in [-0.1, -0.05) is 30.3 Å². The smallest absolute Gasteiger partial charge is 0.405 e. The first-order valence-corrected chi connectivity index (χ1v) is 6.30. The summed E-state index contributed by atoms with van der Waals surface area (Å²) in [5, 5.41) is 3.32. The molecule has 4 heteroatoms. The third-order valence-corrected chi connectivity index (χ3v) is 3.37. The summed E-state index contributed by atoms with van der Waals surface area (Å²) in [4.78, 5) is 10.9. The highest BCUT2D eigenvalue weighted by Gasteiger charge is 2.35. The van der Waals surface area contributed by atoms with Crippen molar-refractivity contribution in [3.05, 3.63) is 35.9 Å². The van der Waals surface area contributed by atoms with Gasteiger partial charge >= 0.3 is 6.09 Å². The van der Waals surface area contributed by atoms with Gasteiger partial charge in [0, 0.05) is 6.54 Å². The largest absolute Gasteiger partial charge is 0.442 e. The summed E-state index contributed by atoms with van der Waals surface area (Å²) in [7, 11) is 0.